The highest BCUT2D eigenvalue weighted by molar-refractivity contribution is 7.99. The molecule has 0 bridgehead atoms. The second-order valence-electron chi connectivity index (χ2n) is 4.58. The van der Waals surface area contributed by atoms with Crippen molar-refractivity contribution in [1.82, 2.24) is 24.6 Å². The van der Waals surface area contributed by atoms with E-state index in [9.17, 15) is 9.59 Å². The minimum absolute atomic E-state index is 0.0509. The van der Waals surface area contributed by atoms with E-state index in [4.69, 9.17) is 0 Å². The predicted molar refractivity (Wildman–Crippen MR) is 82.5 cm³/mol. The first kappa shape index (κ1) is 15.6. The van der Waals surface area contributed by atoms with Crippen LogP contribution >= 0.6 is 11.8 Å². The summed E-state index contributed by atoms with van der Waals surface area (Å²) < 4.78 is 3.10. The highest BCUT2D eigenvalue weighted by Crippen LogP contribution is 2.17. The molecule has 2 heterocycles. The number of nitrogens with one attached hydrogen (secondary N) is 1. The van der Waals surface area contributed by atoms with Gasteiger partial charge in [0.1, 0.15) is 5.52 Å². The van der Waals surface area contributed by atoms with Crippen molar-refractivity contribution < 1.29 is 4.79 Å². The Morgan fingerprint density at radius 2 is 2.19 bits per heavy atom. The van der Waals surface area contributed by atoms with E-state index < -0.39 is 0 Å². The van der Waals surface area contributed by atoms with Crippen molar-refractivity contribution in [2.75, 3.05) is 12.3 Å². The molecular formula is C13H19N5O2S. The number of hydrogen-bond acceptors (Lipinski definition) is 5. The van der Waals surface area contributed by atoms with Gasteiger partial charge in [-0.3, -0.25) is 18.8 Å². The number of thioether (sulfide) groups is 1. The summed E-state index contributed by atoms with van der Waals surface area (Å²) in [5.41, 5.74) is 0.916. The van der Waals surface area contributed by atoms with Crippen LogP contribution in [0.3, 0.4) is 0 Å². The Labute approximate surface area is 126 Å². The number of carbonyl (C=O) groups excluding carboxylic acids is 1. The number of hydrogen-bond donors (Lipinski definition) is 1. The molecule has 8 heteroatoms. The van der Waals surface area contributed by atoms with E-state index in [2.05, 4.69) is 15.4 Å². The van der Waals surface area contributed by atoms with Crippen LogP contribution in [0.15, 0.2) is 16.1 Å². The Morgan fingerprint density at radius 3 is 2.86 bits per heavy atom. The van der Waals surface area contributed by atoms with Crippen LogP contribution in [0.1, 0.15) is 20.3 Å². The quantitative estimate of drug-likeness (QED) is 0.629. The van der Waals surface area contributed by atoms with Gasteiger partial charge >= 0.3 is 0 Å². The maximum absolute atomic E-state index is 12.4. The molecule has 0 spiro atoms. The Balaban J connectivity index is 2.27. The van der Waals surface area contributed by atoms with E-state index in [1.54, 1.807) is 17.8 Å². The molecule has 0 aromatic carbocycles. The monoisotopic (exact) mass is 309 g/mol. The molecule has 1 N–H and O–H groups in total. The van der Waals surface area contributed by atoms with Gasteiger partial charge in [0.05, 0.1) is 11.9 Å². The van der Waals surface area contributed by atoms with Crippen LogP contribution in [0.2, 0.25) is 0 Å². The topological polar surface area (TPSA) is 81.8 Å². The van der Waals surface area contributed by atoms with Gasteiger partial charge < -0.3 is 5.32 Å². The van der Waals surface area contributed by atoms with Gasteiger partial charge in [0.25, 0.3) is 5.56 Å². The molecule has 0 saturated heterocycles. The van der Waals surface area contributed by atoms with Crippen molar-refractivity contribution in [1.29, 1.82) is 0 Å². The highest BCUT2D eigenvalue weighted by Gasteiger charge is 2.14. The van der Waals surface area contributed by atoms with Gasteiger partial charge in [-0.2, -0.15) is 5.10 Å². The molecule has 21 heavy (non-hydrogen) atoms. The van der Waals surface area contributed by atoms with Crippen molar-refractivity contribution in [3.8, 4) is 0 Å². The lowest BCUT2D eigenvalue weighted by Gasteiger charge is -2.10. The molecular weight excluding hydrogens is 290 g/mol. The molecule has 1 amide bonds. The molecule has 0 aliphatic carbocycles. The van der Waals surface area contributed by atoms with Gasteiger partial charge in [0.2, 0.25) is 5.91 Å². The zero-order valence-electron chi connectivity index (χ0n) is 12.4. The minimum atomic E-state index is -0.126. The van der Waals surface area contributed by atoms with Crippen molar-refractivity contribution in [2.24, 2.45) is 7.05 Å². The maximum atomic E-state index is 12.4. The lowest BCUT2D eigenvalue weighted by Crippen LogP contribution is -2.27. The molecule has 2 aromatic heterocycles. The van der Waals surface area contributed by atoms with E-state index in [0.29, 0.717) is 29.3 Å². The standard InChI is InChI=1S/C13H19N5O2S/c1-4-6-14-10(19)8-21-13-16-9-7-15-17(3)11(9)12(20)18(13)5-2/h7H,4-6,8H2,1-3H3,(H,14,19). The Morgan fingerprint density at radius 1 is 1.43 bits per heavy atom. The van der Waals surface area contributed by atoms with Crippen molar-refractivity contribution in [3.63, 3.8) is 0 Å². The summed E-state index contributed by atoms with van der Waals surface area (Å²) in [6, 6.07) is 0. The van der Waals surface area contributed by atoms with Crippen molar-refractivity contribution in [3.05, 3.63) is 16.6 Å². The largest absolute Gasteiger partial charge is 0.355 e. The van der Waals surface area contributed by atoms with Crippen molar-refractivity contribution in [2.45, 2.75) is 32.0 Å². The molecule has 0 radical (unpaired) electrons. The van der Waals surface area contributed by atoms with Crippen LogP contribution in [0.25, 0.3) is 11.0 Å². The van der Waals surface area contributed by atoms with E-state index in [0.717, 1.165) is 6.42 Å². The summed E-state index contributed by atoms with van der Waals surface area (Å²) in [5, 5.41) is 7.42. The second kappa shape index (κ2) is 6.75. The van der Waals surface area contributed by atoms with Crippen LogP contribution < -0.4 is 10.9 Å². The van der Waals surface area contributed by atoms with Gasteiger partial charge in [-0.15, -0.1) is 0 Å². The first-order valence-corrected chi connectivity index (χ1v) is 7.89. The summed E-state index contributed by atoms with van der Waals surface area (Å²) in [5.74, 6) is 0.197. The van der Waals surface area contributed by atoms with Gasteiger partial charge in [-0.1, -0.05) is 18.7 Å². The first-order chi connectivity index (χ1) is 10.1. The zero-order chi connectivity index (χ0) is 15.4. The third-order valence-electron chi connectivity index (χ3n) is 3.03. The lowest BCUT2D eigenvalue weighted by molar-refractivity contribution is -0.118. The van der Waals surface area contributed by atoms with E-state index in [1.807, 2.05) is 13.8 Å². The van der Waals surface area contributed by atoms with Crippen LogP contribution in [-0.2, 0) is 18.4 Å². The normalized spacial score (nSPS) is 11.0. The SMILES string of the molecule is CCCNC(=O)CSc1nc2cnn(C)c2c(=O)n1CC. The number of carbonyl (C=O) groups is 1. The summed E-state index contributed by atoms with van der Waals surface area (Å²) in [6.07, 6.45) is 2.47. The summed E-state index contributed by atoms with van der Waals surface area (Å²) >= 11 is 1.27. The van der Waals surface area contributed by atoms with Gasteiger partial charge in [-0.05, 0) is 13.3 Å². The molecule has 0 aliphatic heterocycles. The highest BCUT2D eigenvalue weighted by atomic mass is 32.2. The second-order valence-corrected chi connectivity index (χ2v) is 5.53. The number of amides is 1. The van der Waals surface area contributed by atoms with Crippen LogP contribution in [-0.4, -0.2) is 37.5 Å². The number of rotatable bonds is 6. The van der Waals surface area contributed by atoms with Gasteiger partial charge in [-0.25, -0.2) is 4.98 Å². The van der Waals surface area contributed by atoms with Crippen LogP contribution in [0, 0.1) is 0 Å². The molecule has 0 aliphatic rings. The minimum Gasteiger partial charge on any atom is -0.355 e. The Bertz CT molecular complexity index is 706. The number of fused-ring (bicyclic) bond motifs is 1. The third kappa shape index (κ3) is 3.26. The first-order valence-electron chi connectivity index (χ1n) is 6.90. The van der Waals surface area contributed by atoms with Gasteiger partial charge in [0, 0.05) is 20.1 Å². The fourth-order valence-electron chi connectivity index (χ4n) is 1.97. The fraction of sp³-hybridized carbons (Fsp3) is 0.538. The molecule has 2 aromatic rings. The zero-order valence-corrected chi connectivity index (χ0v) is 13.2. The predicted octanol–water partition coefficient (Wildman–Crippen LogP) is 0.768. The number of nitrogens with zero attached hydrogens (tertiary/aromatic N) is 4. The van der Waals surface area contributed by atoms with Crippen LogP contribution in [0.4, 0.5) is 0 Å². The smallest absolute Gasteiger partial charge is 0.280 e. The average molecular weight is 309 g/mol. The lowest BCUT2D eigenvalue weighted by atomic mass is 10.4. The molecule has 0 atom stereocenters. The number of aromatic nitrogens is 4. The summed E-state index contributed by atoms with van der Waals surface area (Å²) in [7, 11) is 1.72. The van der Waals surface area contributed by atoms with E-state index >= 15 is 0 Å². The molecule has 114 valence electrons. The number of aryl methyl sites for hydroxylation is 1. The molecule has 0 saturated carbocycles. The van der Waals surface area contributed by atoms with E-state index in [1.165, 1.54) is 16.4 Å². The fourth-order valence-corrected chi connectivity index (χ4v) is 2.86. The molecule has 7 nitrogen and oxygen atoms in total. The maximum Gasteiger partial charge on any atom is 0.280 e. The summed E-state index contributed by atoms with van der Waals surface area (Å²) in [4.78, 5) is 28.5. The van der Waals surface area contributed by atoms with Crippen LogP contribution in [0.5, 0.6) is 0 Å². The van der Waals surface area contributed by atoms with E-state index in [-0.39, 0.29) is 17.2 Å². The molecule has 0 unspecified atom stereocenters. The van der Waals surface area contributed by atoms with Gasteiger partial charge in [0.15, 0.2) is 10.7 Å². The average Bonchev–Trinajstić information content (AvgIpc) is 2.84. The Kier molecular flexibility index (Phi) is 5.00. The van der Waals surface area contributed by atoms with Crippen molar-refractivity contribution >= 4 is 28.7 Å². The summed E-state index contributed by atoms with van der Waals surface area (Å²) in [6.45, 7) is 5.05. The molecule has 0 fully saturated rings. The molecule has 2 rings (SSSR count). The third-order valence-corrected chi connectivity index (χ3v) is 4.01. The Hall–Kier alpha value is -1.83.